The van der Waals surface area contributed by atoms with Crippen molar-refractivity contribution in [3.8, 4) is 22.3 Å². The van der Waals surface area contributed by atoms with E-state index in [1.807, 2.05) is 11.3 Å². The summed E-state index contributed by atoms with van der Waals surface area (Å²) >= 11 is 3.57. The van der Waals surface area contributed by atoms with Crippen LogP contribution in [0.2, 0.25) is 0 Å². The van der Waals surface area contributed by atoms with Crippen molar-refractivity contribution in [2.24, 2.45) is 5.41 Å². The number of nitrogens with zero attached hydrogens (tertiary/aromatic N) is 1. The zero-order valence-electron chi connectivity index (χ0n) is 32.3. The molecule has 0 atom stereocenters. The highest BCUT2D eigenvalue weighted by atomic mass is 32.1. The molecule has 3 nitrogen and oxygen atoms in total. The fourth-order valence-corrected chi connectivity index (χ4v) is 10.9. The molecular weight excluding hydrogens is 711 g/mol. The van der Waals surface area contributed by atoms with Gasteiger partial charge in [0.15, 0.2) is 6.29 Å². The van der Waals surface area contributed by atoms with Crippen LogP contribution in [-0.4, -0.2) is 13.2 Å². The number of ether oxygens (including phenoxy) is 2. The van der Waals surface area contributed by atoms with Crippen LogP contribution < -0.4 is 4.90 Å². The fourth-order valence-electron chi connectivity index (χ4n) is 8.98. The standard InChI is InChI=1S/C50H45NO2S2/c1-48(2)29-52-47(53-30-48)45-24-21-35(54-45)19-20-36-25-31-15-16-34(28-46(31)55-36)51(32-17-22-39-37-11-7-9-13-41(37)49(3,4)43(39)26-32)33-18-23-40-38-12-8-10-14-42(38)50(5,6)44(40)27-33/h7-28,47H,29-30H2,1-6H3/b20-19+. The van der Waals surface area contributed by atoms with Gasteiger partial charge in [0.25, 0.3) is 0 Å². The molecule has 3 heterocycles. The van der Waals surface area contributed by atoms with Crippen LogP contribution in [0, 0.1) is 5.41 Å². The smallest absolute Gasteiger partial charge is 0.193 e. The number of anilines is 3. The molecule has 0 radical (unpaired) electrons. The Balaban J connectivity index is 1.03. The van der Waals surface area contributed by atoms with E-state index in [4.69, 9.17) is 9.47 Å². The first-order valence-electron chi connectivity index (χ1n) is 19.3. The van der Waals surface area contributed by atoms with Gasteiger partial charge in [-0.15, -0.1) is 22.7 Å². The molecule has 2 aromatic heterocycles. The Labute approximate surface area is 332 Å². The Kier molecular flexibility index (Phi) is 7.96. The predicted octanol–water partition coefficient (Wildman–Crippen LogP) is 14.3. The molecule has 5 heteroatoms. The Bertz CT molecular complexity index is 2560. The molecule has 55 heavy (non-hydrogen) atoms. The summed E-state index contributed by atoms with van der Waals surface area (Å²) in [4.78, 5) is 6.01. The molecule has 1 saturated heterocycles. The average molecular weight is 756 g/mol. The van der Waals surface area contributed by atoms with E-state index in [-0.39, 0.29) is 22.5 Å². The van der Waals surface area contributed by atoms with Gasteiger partial charge < -0.3 is 14.4 Å². The maximum Gasteiger partial charge on any atom is 0.193 e. The molecular formula is C50H45NO2S2. The lowest BCUT2D eigenvalue weighted by Gasteiger charge is -2.34. The first kappa shape index (κ1) is 34.7. The zero-order valence-corrected chi connectivity index (χ0v) is 33.9. The van der Waals surface area contributed by atoms with E-state index in [0.717, 1.165) is 10.6 Å². The molecule has 0 N–H and O–H groups in total. The molecule has 2 aliphatic carbocycles. The highest BCUT2D eigenvalue weighted by Crippen LogP contribution is 2.53. The zero-order chi connectivity index (χ0) is 37.7. The number of rotatable bonds is 6. The summed E-state index contributed by atoms with van der Waals surface area (Å²) in [7, 11) is 0. The molecule has 0 saturated carbocycles. The molecule has 10 rings (SSSR count). The number of hydrogen-bond donors (Lipinski definition) is 0. The molecule has 274 valence electrons. The lowest BCUT2D eigenvalue weighted by Crippen LogP contribution is -2.33. The number of thiophene rings is 2. The summed E-state index contributed by atoms with van der Waals surface area (Å²) in [6.45, 7) is 15.2. The minimum absolute atomic E-state index is 0.0594. The van der Waals surface area contributed by atoms with Crippen LogP contribution in [-0.2, 0) is 20.3 Å². The molecule has 0 amide bonds. The van der Waals surface area contributed by atoms with E-state index >= 15 is 0 Å². The molecule has 5 aromatic carbocycles. The predicted molar refractivity (Wildman–Crippen MR) is 233 cm³/mol. The fraction of sp³-hybridized carbons (Fsp3) is 0.240. The van der Waals surface area contributed by atoms with Crippen molar-refractivity contribution in [1.29, 1.82) is 0 Å². The summed E-state index contributed by atoms with van der Waals surface area (Å²) in [6.07, 6.45) is 4.18. The van der Waals surface area contributed by atoms with Crippen LogP contribution in [0.25, 0.3) is 44.5 Å². The highest BCUT2D eigenvalue weighted by Gasteiger charge is 2.38. The van der Waals surface area contributed by atoms with Gasteiger partial charge >= 0.3 is 0 Å². The van der Waals surface area contributed by atoms with Gasteiger partial charge in [0.1, 0.15) is 0 Å². The van der Waals surface area contributed by atoms with Crippen molar-refractivity contribution in [2.45, 2.75) is 58.7 Å². The Hall–Kier alpha value is -4.78. The van der Waals surface area contributed by atoms with Gasteiger partial charge in [-0.25, -0.2) is 0 Å². The minimum Gasteiger partial charge on any atom is -0.347 e. The summed E-state index contributed by atoms with van der Waals surface area (Å²) < 4.78 is 13.4. The van der Waals surface area contributed by atoms with Gasteiger partial charge in [0.05, 0.1) is 18.1 Å². The van der Waals surface area contributed by atoms with Gasteiger partial charge in [-0.2, -0.15) is 0 Å². The maximum atomic E-state index is 6.05. The van der Waals surface area contributed by atoms with Crippen molar-refractivity contribution >= 4 is 62.0 Å². The third-order valence-electron chi connectivity index (χ3n) is 12.0. The minimum atomic E-state index is -0.273. The third-order valence-corrected chi connectivity index (χ3v) is 14.1. The van der Waals surface area contributed by atoms with Crippen molar-refractivity contribution < 1.29 is 9.47 Å². The monoisotopic (exact) mass is 755 g/mol. The summed E-state index contributed by atoms with van der Waals surface area (Å²) in [6, 6.07) is 45.5. The van der Waals surface area contributed by atoms with Crippen LogP contribution in [0.15, 0.2) is 121 Å². The number of hydrogen-bond acceptors (Lipinski definition) is 5. The second-order valence-corrected chi connectivity index (χ2v) is 19.5. The third kappa shape index (κ3) is 5.74. The van der Waals surface area contributed by atoms with Crippen molar-refractivity contribution in [1.82, 2.24) is 0 Å². The second kappa shape index (κ2) is 12.6. The van der Waals surface area contributed by atoms with Crippen LogP contribution in [0.4, 0.5) is 17.1 Å². The van der Waals surface area contributed by atoms with E-state index in [1.54, 1.807) is 11.3 Å². The normalized spacial score (nSPS) is 17.6. The SMILES string of the molecule is CC1(C)COC(c2ccc(/C=C/c3cc4ccc(N(c5ccc6c(c5)C(C)(C)c5ccccc5-6)c5ccc6c(c5)C(C)(C)c5ccccc5-6)cc4s3)s2)OC1. The lowest BCUT2D eigenvalue weighted by atomic mass is 9.82. The van der Waals surface area contributed by atoms with Gasteiger partial charge in [-0.05, 0) is 117 Å². The van der Waals surface area contributed by atoms with Gasteiger partial charge in [-0.3, -0.25) is 0 Å². The first-order chi connectivity index (χ1) is 26.5. The van der Waals surface area contributed by atoms with Crippen LogP contribution in [0.1, 0.15) is 84.7 Å². The molecule has 0 bridgehead atoms. The van der Waals surface area contributed by atoms with E-state index in [2.05, 4.69) is 180 Å². The van der Waals surface area contributed by atoms with E-state index in [0.29, 0.717) is 13.2 Å². The first-order valence-corrected chi connectivity index (χ1v) is 20.9. The van der Waals surface area contributed by atoms with E-state index in [9.17, 15) is 0 Å². The Morgan fingerprint density at radius 3 is 1.67 bits per heavy atom. The van der Waals surface area contributed by atoms with Gasteiger partial charge in [0, 0.05) is 47.8 Å². The van der Waals surface area contributed by atoms with Crippen LogP contribution in [0.3, 0.4) is 0 Å². The average Bonchev–Trinajstić information content (AvgIpc) is 3.93. The molecule has 3 aliphatic rings. The molecule has 0 spiro atoms. The van der Waals surface area contributed by atoms with Gasteiger partial charge in [-0.1, -0.05) is 108 Å². The van der Waals surface area contributed by atoms with E-state index < -0.39 is 0 Å². The molecule has 1 aliphatic heterocycles. The second-order valence-electron chi connectivity index (χ2n) is 17.2. The summed E-state index contributed by atoms with van der Waals surface area (Å²) in [5.41, 5.74) is 14.3. The van der Waals surface area contributed by atoms with Crippen molar-refractivity contribution in [3.05, 3.63) is 158 Å². The highest BCUT2D eigenvalue weighted by molar-refractivity contribution is 7.20. The van der Waals surface area contributed by atoms with Crippen LogP contribution >= 0.6 is 22.7 Å². The Morgan fingerprint density at radius 1 is 0.527 bits per heavy atom. The van der Waals surface area contributed by atoms with E-state index in [1.165, 1.54) is 75.7 Å². The molecule has 1 fully saturated rings. The number of fused-ring (bicyclic) bond motifs is 7. The molecule has 7 aromatic rings. The van der Waals surface area contributed by atoms with Gasteiger partial charge in [0.2, 0.25) is 0 Å². The quantitative estimate of drug-likeness (QED) is 0.169. The maximum absolute atomic E-state index is 6.05. The summed E-state index contributed by atoms with van der Waals surface area (Å²) in [5.74, 6) is 0. The number of benzene rings is 5. The Morgan fingerprint density at radius 2 is 1.05 bits per heavy atom. The molecule has 0 unspecified atom stereocenters. The van der Waals surface area contributed by atoms with Crippen LogP contribution in [0.5, 0.6) is 0 Å². The topological polar surface area (TPSA) is 21.7 Å². The lowest BCUT2D eigenvalue weighted by molar-refractivity contribution is -0.224. The van der Waals surface area contributed by atoms with Crippen molar-refractivity contribution in [2.75, 3.05) is 18.1 Å². The van der Waals surface area contributed by atoms with Crippen molar-refractivity contribution in [3.63, 3.8) is 0 Å². The largest absolute Gasteiger partial charge is 0.347 e. The summed E-state index contributed by atoms with van der Waals surface area (Å²) in [5, 5.41) is 1.25.